The molecule has 4 heteroatoms. The van der Waals surface area contributed by atoms with Crippen LogP contribution in [-0.2, 0) is 6.54 Å². The lowest BCUT2D eigenvalue weighted by Gasteiger charge is -2.17. The second-order valence-corrected chi connectivity index (χ2v) is 2.65. The highest BCUT2D eigenvalue weighted by molar-refractivity contribution is 5.92. The highest BCUT2D eigenvalue weighted by Crippen LogP contribution is 2.22. The zero-order valence-corrected chi connectivity index (χ0v) is 6.29. The molecule has 1 aromatic rings. The van der Waals surface area contributed by atoms with Gasteiger partial charge in [-0.2, -0.15) is 0 Å². The quantitative estimate of drug-likeness (QED) is 0.501. The predicted octanol–water partition coefficient (Wildman–Crippen LogP) is 1.03. The first-order chi connectivity index (χ1) is 5.75. The van der Waals surface area contributed by atoms with Crippen molar-refractivity contribution < 1.29 is 9.90 Å². The summed E-state index contributed by atoms with van der Waals surface area (Å²) in [4.78, 5) is 10.8. The van der Waals surface area contributed by atoms with Gasteiger partial charge in [0, 0.05) is 12.2 Å². The van der Waals surface area contributed by atoms with E-state index < -0.39 is 0 Å². The molecule has 0 aromatic heterocycles. The summed E-state index contributed by atoms with van der Waals surface area (Å²) in [6.07, 6.45) is 0. The predicted molar refractivity (Wildman–Crippen MR) is 44.0 cm³/mol. The summed E-state index contributed by atoms with van der Waals surface area (Å²) >= 11 is 0. The van der Waals surface area contributed by atoms with E-state index in [-0.39, 0.29) is 11.8 Å². The first kappa shape index (κ1) is 6.97. The fourth-order valence-corrected chi connectivity index (χ4v) is 1.19. The Morgan fingerprint density at radius 2 is 2.25 bits per heavy atom. The third-order valence-corrected chi connectivity index (χ3v) is 1.78. The number of amides is 2. The molecular formula is C8H8N2O2. The minimum Gasteiger partial charge on any atom is -0.508 e. The molecule has 1 aromatic carbocycles. The average molecular weight is 164 g/mol. The molecule has 3 N–H and O–H groups in total. The molecule has 4 nitrogen and oxygen atoms in total. The standard InChI is InChI=1S/C8H8N2O2/c11-6-1-2-7-5(3-6)4-9-8(12)10-7/h1-3,11H,4H2,(H2,9,10,12). The molecule has 62 valence electrons. The molecule has 0 atom stereocenters. The van der Waals surface area contributed by atoms with Crippen LogP contribution in [0.15, 0.2) is 18.2 Å². The summed E-state index contributed by atoms with van der Waals surface area (Å²) in [5.41, 5.74) is 1.66. The van der Waals surface area contributed by atoms with Crippen LogP contribution >= 0.6 is 0 Å². The highest BCUT2D eigenvalue weighted by atomic mass is 16.3. The van der Waals surface area contributed by atoms with E-state index in [2.05, 4.69) is 10.6 Å². The number of phenolic OH excluding ortho intramolecular Hbond substituents is 1. The summed E-state index contributed by atoms with van der Waals surface area (Å²) in [6, 6.07) is 4.66. The van der Waals surface area contributed by atoms with E-state index in [0.717, 1.165) is 11.3 Å². The molecule has 12 heavy (non-hydrogen) atoms. The van der Waals surface area contributed by atoms with Gasteiger partial charge in [-0.3, -0.25) is 0 Å². The van der Waals surface area contributed by atoms with Crippen LogP contribution < -0.4 is 10.6 Å². The van der Waals surface area contributed by atoms with E-state index >= 15 is 0 Å². The van der Waals surface area contributed by atoms with Crippen molar-refractivity contribution in [1.29, 1.82) is 0 Å². The monoisotopic (exact) mass is 164 g/mol. The Morgan fingerprint density at radius 3 is 3.08 bits per heavy atom. The van der Waals surface area contributed by atoms with Crippen LogP contribution in [0.5, 0.6) is 5.75 Å². The van der Waals surface area contributed by atoms with Gasteiger partial charge in [-0.15, -0.1) is 0 Å². The van der Waals surface area contributed by atoms with Crippen molar-refractivity contribution in [2.24, 2.45) is 0 Å². The third-order valence-electron chi connectivity index (χ3n) is 1.78. The second kappa shape index (κ2) is 2.41. The molecule has 0 spiro atoms. The number of nitrogens with one attached hydrogen (secondary N) is 2. The first-order valence-electron chi connectivity index (χ1n) is 3.62. The number of carbonyl (C=O) groups is 1. The summed E-state index contributed by atoms with van der Waals surface area (Å²) in [5, 5.41) is 14.3. The molecule has 0 saturated heterocycles. The van der Waals surface area contributed by atoms with Crippen molar-refractivity contribution in [3.05, 3.63) is 23.8 Å². The topological polar surface area (TPSA) is 61.4 Å². The van der Waals surface area contributed by atoms with Crippen LogP contribution in [0.3, 0.4) is 0 Å². The van der Waals surface area contributed by atoms with Gasteiger partial charge in [0.15, 0.2) is 0 Å². The molecular weight excluding hydrogens is 156 g/mol. The molecule has 0 fully saturated rings. The Balaban J connectivity index is 2.43. The number of phenols is 1. The van der Waals surface area contributed by atoms with E-state index in [4.69, 9.17) is 5.11 Å². The van der Waals surface area contributed by atoms with Gasteiger partial charge in [-0.1, -0.05) is 0 Å². The van der Waals surface area contributed by atoms with E-state index in [9.17, 15) is 4.79 Å². The second-order valence-electron chi connectivity index (χ2n) is 2.65. The van der Waals surface area contributed by atoms with Gasteiger partial charge in [-0.25, -0.2) is 4.79 Å². The van der Waals surface area contributed by atoms with Gasteiger partial charge in [0.1, 0.15) is 5.75 Å². The average Bonchev–Trinajstić information content (AvgIpc) is 2.05. The largest absolute Gasteiger partial charge is 0.508 e. The molecule has 1 aliphatic rings. The molecule has 0 radical (unpaired) electrons. The number of rotatable bonds is 0. The molecule has 0 aliphatic carbocycles. The SMILES string of the molecule is O=C1NCc2cc(O)ccc2N1. The van der Waals surface area contributed by atoms with Crippen LogP contribution in [0, 0.1) is 0 Å². The normalized spacial score (nSPS) is 14.5. The Morgan fingerprint density at radius 1 is 1.42 bits per heavy atom. The fraction of sp³-hybridized carbons (Fsp3) is 0.125. The van der Waals surface area contributed by atoms with Crippen LogP contribution in [0.1, 0.15) is 5.56 Å². The number of benzene rings is 1. The molecule has 0 saturated carbocycles. The number of hydrogen-bond donors (Lipinski definition) is 3. The van der Waals surface area contributed by atoms with Crippen LogP contribution in [-0.4, -0.2) is 11.1 Å². The molecule has 0 unspecified atom stereocenters. The van der Waals surface area contributed by atoms with Gasteiger partial charge < -0.3 is 15.7 Å². The van der Waals surface area contributed by atoms with E-state index in [1.165, 1.54) is 0 Å². The molecule has 0 bridgehead atoms. The van der Waals surface area contributed by atoms with E-state index in [1.54, 1.807) is 18.2 Å². The minimum atomic E-state index is -0.201. The van der Waals surface area contributed by atoms with Crippen molar-refractivity contribution in [3.63, 3.8) is 0 Å². The maximum atomic E-state index is 10.8. The molecule has 1 heterocycles. The van der Waals surface area contributed by atoms with E-state index in [1.807, 2.05) is 0 Å². The minimum absolute atomic E-state index is 0.201. The lowest BCUT2D eigenvalue weighted by Crippen LogP contribution is -2.33. The van der Waals surface area contributed by atoms with Gasteiger partial charge in [0.2, 0.25) is 0 Å². The van der Waals surface area contributed by atoms with Crippen LogP contribution in [0.2, 0.25) is 0 Å². The number of hydrogen-bond acceptors (Lipinski definition) is 2. The van der Waals surface area contributed by atoms with Crippen molar-refractivity contribution in [2.75, 3.05) is 5.32 Å². The fourth-order valence-electron chi connectivity index (χ4n) is 1.19. The van der Waals surface area contributed by atoms with Crippen molar-refractivity contribution in [3.8, 4) is 5.75 Å². The summed E-state index contributed by atoms with van der Waals surface area (Å²) in [7, 11) is 0. The lowest BCUT2D eigenvalue weighted by atomic mass is 10.1. The third kappa shape index (κ3) is 1.07. The summed E-state index contributed by atoms with van der Waals surface area (Å²) in [5.74, 6) is 0.215. The van der Waals surface area contributed by atoms with Gasteiger partial charge >= 0.3 is 6.03 Å². The van der Waals surface area contributed by atoms with Gasteiger partial charge in [0.25, 0.3) is 0 Å². The van der Waals surface area contributed by atoms with E-state index in [0.29, 0.717) is 6.54 Å². The molecule has 2 rings (SSSR count). The zero-order valence-electron chi connectivity index (χ0n) is 6.29. The number of urea groups is 1. The Hall–Kier alpha value is -1.71. The number of anilines is 1. The number of aromatic hydroxyl groups is 1. The summed E-state index contributed by atoms with van der Waals surface area (Å²) < 4.78 is 0. The van der Waals surface area contributed by atoms with Crippen LogP contribution in [0.4, 0.5) is 10.5 Å². The smallest absolute Gasteiger partial charge is 0.319 e. The van der Waals surface area contributed by atoms with Crippen molar-refractivity contribution in [1.82, 2.24) is 5.32 Å². The number of fused-ring (bicyclic) bond motifs is 1. The van der Waals surface area contributed by atoms with Gasteiger partial charge in [0.05, 0.1) is 0 Å². The number of carbonyl (C=O) groups excluding carboxylic acids is 1. The van der Waals surface area contributed by atoms with Crippen molar-refractivity contribution >= 4 is 11.7 Å². The maximum absolute atomic E-state index is 10.8. The summed E-state index contributed by atoms with van der Waals surface area (Å²) in [6.45, 7) is 0.468. The van der Waals surface area contributed by atoms with Gasteiger partial charge in [-0.05, 0) is 23.8 Å². The van der Waals surface area contributed by atoms with Crippen LogP contribution in [0.25, 0.3) is 0 Å². The zero-order chi connectivity index (χ0) is 8.55. The Bertz CT molecular complexity index is 336. The lowest BCUT2D eigenvalue weighted by molar-refractivity contribution is 0.251. The maximum Gasteiger partial charge on any atom is 0.319 e. The van der Waals surface area contributed by atoms with Crippen molar-refractivity contribution in [2.45, 2.75) is 6.54 Å². The highest BCUT2D eigenvalue weighted by Gasteiger charge is 2.12. The Labute approximate surface area is 69.2 Å². The first-order valence-corrected chi connectivity index (χ1v) is 3.62. The Kier molecular flexibility index (Phi) is 1.40. The molecule has 2 amide bonds. The molecule has 1 aliphatic heterocycles.